The molecule has 0 radical (unpaired) electrons. The molecule has 2 aromatic heterocycles. The summed E-state index contributed by atoms with van der Waals surface area (Å²) in [6, 6.07) is 0.271. The molecule has 1 fully saturated rings. The average Bonchev–Trinajstić information content (AvgIpc) is 3.04. The number of carbonyl (C=O) groups excluding carboxylic acids is 1. The summed E-state index contributed by atoms with van der Waals surface area (Å²) in [4.78, 5) is 21.8. The van der Waals surface area contributed by atoms with Gasteiger partial charge in [0.25, 0.3) is 0 Å². The van der Waals surface area contributed by atoms with Gasteiger partial charge in [0.05, 0.1) is 18.1 Å². The van der Waals surface area contributed by atoms with Crippen molar-refractivity contribution in [2.75, 3.05) is 11.9 Å². The minimum atomic E-state index is 0.182. The molecule has 1 saturated carbocycles. The lowest BCUT2D eigenvalue weighted by molar-refractivity contribution is -0.125. The van der Waals surface area contributed by atoms with Gasteiger partial charge in [-0.25, -0.2) is 14.6 Å². The number of anilines is 1. The Bertz CT molecular complexity index is 797. The second-order valence-corrected chi connectivity index (χ2v) is 9.60. The average molecular weight is 405 g/mol. The third-order valence-electron chi connectivity index (χ3n) is 4.84. The summed E-state index contributed by atoms with van der Waals surface area (Å²) in [6.45, 7) is 9.61. The van der Waals surface area contributed by atoms with Crippen molar-refractivity contribution >= 4 is 34.5 Å². The molecule has 2 aromatic rings. The molecule has 0 spiro atoms. The SMILES string of the molecule is CC(C)Nc1nc(SC(C)C)nc2c1cnn2CCNC(=O)C1CCCCC1. The first-order valence-corrected chi connectivity index (χ1v) is 11.3. The van der Waals surface area contributed by atoms with E-state index in [2.05, 4.69) is 48.4 Å². The highest BCUT2D eigenvalue weighted by Gasteiger charge is 2.21. The molecule has 3 rings (SSSR count). The van der Waals surface area contributed by atoms with Crippen molar-refractivity contribution < 1.29 is 4.79 Å². The van der Waals surface area contributed by atoms with Crippen molar-refractivity contribution in [3.8, 4) is 0 Å². The lowest BCUT2D eigenvalue weighted by Crippen LogP contribution is -2.34. The van der Waals surface area contributed by atoms with Crippen LogP contribution in [0.2, 0.25) is 0 Å². The Kier molecular flexibility index (Phi) is 7.15. The standard InChI is InChI=1S/C20H32N6OS/c1-13(2)23-17-16-12-22-26(18(16)25-20(24-17)28-14(3)4)11-10-21-19(27)15-8-6-5-7-9-15/h12-15H,5-11H2,1-4H3,(H,21,27)(H,23,24,25). The minimum absolute atomic E-state index is 0.182. The Balaban J connectivity index is 1.72. The van der Waals surface area contributed by atoms with Gasteiger partial charge in [0.2, 0.25) is 5.91 Å². The summed E-state index contributed by atoms with van der Waals surface area (Å²) < 4.78 is 1.87. The van der Waals surface area contributed by atoms with Gasteiger partial charge < -0.3 is 10.6 Å². The van der Waals surface area contributed by atoms with Gasteiger partial charge in [0.15, 0.2) is 10.8 Å². The van der Waals surface area contributed by atoms with E-state index in [1.165, 1.54) is 19.3 Å². The molecule has 1 aliphatic carbocycles. The van der Waals surface area contributed by atoms with Gasteiger partial charge >= 0.3 is 0 Å². The van der Waals surface area contributed by atoms with Crippen molar-refractivity contribution in [2.24, 2.45) is 5.92 Å². The zero-order valence-corrected chi connectivity index (χ0v) is 18.2. The topological polar surface area (TPSA) is 84.7 Å². The maximum atomic E-state index is 12.4. The Morgan fingerprint density at radius 2 is 1.96 bits per heavy atom. The molecule has 28 heavy (non-hydrogen) atoms. The lowest BCUT2D eigenvalue weighted by atomic mass is 9.89. The summed E-state index contributed by atoms with van der Waals surface area (Å²) in [6.07, 6.45) is 7.44. The number of hydrogen-bond acceptors (Lipinski definition) is 6. The second kappa shape index (κ2) is 9.58. The number of aromatic nitrogens is 4. The van der Waals surface area contributed by atoms with Gasteiger partial charge in [-0.05, 0) is 26.7 Å². The van der Waals surface area contributed by atoms with E-state index < -0.39 is 0 Å². The van der Waals surface area contributed by atoms with Crippen LogP contribution in [-0.2, 0) is 11.3 Å². The largest absolute Gasteiger partial charge is 0.367 e. The van der Waals surface area contributed by atoms with Crippen LogP contribution in [-0.4, -0.2) is 43.5 Å². The van der Waals surface area contributed by atoms with E-state index in [9.17, 15) is 4.79 Å². The lowest BCUT2D eigenvalue weighted by Gasteiger charge is -2.20. The van der Waals surface area contributed by atoms with Crippen LogP contribution in [0.15, 0.2) is 11.4 Å². The third-order valence-corrected chi connectivity index (χ3v) is 5.71. The van der Waals surface area contributed by atoms with Crippen LogP contribution in [0.1, 0.15) is 59.8 Å². The van der Waals surface area contributed by atoms with Gasteiger partial charge in [-0.15, -0.1) is 0 Å². The highest BCUT2D eigenvalue weighted by atomic mass is 32.2. The monoisotopic (exact) mass is 404 g/mol. The maximum Gasteiger partial charge on any atom is 0.223 e. The Morgan fingerprint density at radius 3 is 2.64 bits per heavy atom. The predicted molar refractivity (Wildman–Crippen MR) is 115 cm³/mol. The van der Waals surface area contributed by atoms with Crippen LogP contribution in [0, 0.1) is 5.92 Å². The van der Waals surface area contributed by atoms with Gasteiger partial charge in [-0.3, -0.25) is 4.79 Å². The Morgan fingerprint density at radius 1 is 1.21 bits per heavy atom. The third kappa shape index (κ3) is 5.37. The number of thioether (sulfide) groups is 1. The molecule has 1 amide bonds. The maximum absolute atomic E-state index is 12.4. The molecule has 2 heterocycles. The second-order valence-electron chi connectivity index (χ2n) is 8.05. The van der Waals surface area contributed by atoms with Gasteiger partial charge in [-0.2, -0.15) is 5.10 Å². The van der Waals surface area contributed by atoms with Crippen LogP contribution in [0.4, 0.5) is 5.82 Å². The van der Waals surface area contributed by atoms with Crippen molar-refractivity contribution in [2.45, 2.75) is 82.8 Å². The quantitative estimate of drug-likeness (QED) is 0.514. The molecule has 7 nitrogen and oxygen atoms in total. The van der Waals surface area contributed by atoms with Crippen LogP contribution in [0.25, 0.3) is 11.0 Å². The molecular weight excluding hydrogens is 372 g/mol. The van der Waals surface area contributed by atoms with Crippen LogP contribution < -0.4 is 10.6 Å². The van der Waals surface area contributed by atoms with E-state index in [1.807, 2.05) is 10.9 Å². The summed E-state index contributed by atoms with van der Waals surface area (Å²) >= 11 is 1.64. The zero-order chi connectivity index (χ0) is 20.1. The Labute approximate surface area is 171 Å². The minimum Gasteiger partial charge on any atom is -0.367 e. The first-order chi connectivity index (χ1) is 13.4. The molecule has 154 valence electrons. The normalized spacial score (nSPS) is 15.5. The van der Waals surface area contributed by atoms with Crippen LogP contribution in [0.5, 0.6) is 0 Å². The van der Waals surface area contributed by atoms with Gasteiger partial charge in [-0.1, -0.05) is 44.9 Å². The number of carbonyl (C=O) groups is 1. The summed E-state index contributed by atoms with van der Waals surface area (Å²) in [7, 11) is 0. The van der Waals surface area contributed by atoms with Crippen molar-refractivity contribution in [3.05, 3.63) is 6.20 Å². The van der Waals surface area contributed by atoms with Crippen molar-refractivity contribution in [1.82, 2.24) is 25.1 Å². The van der Waals surface area contributed by atoms with E-state index in [-0.39, 0.29) is 17.9 Å². The number of fused-ring (bicyclic) bond motifs is 1. The number of nitrogens with zero attached hydrogens (tertiary/aromatic N) is 4. The van der Waals surface area contributed by atoms with Crippen LogP contribution >= 0.6 is 11.8 Å². The van der Waals surface area contributed by atoms with Crippen LogP contribution in [0.3, 0.4) is 0 Å². The Hall–Kier alpha value is -1.83. The predicted octanol–water partition coefficient (Wildman–Crippen LogP) is 3.84. The van der Waals surface area contributed by atoms with Gasteiger partial charge in [0.1, 0.15) is 5.82 Å². The summed E-state index contributed by atoms with van der Waals surface area (Å²) in [5.74, 6) is 1.19. The highest BCUT2D eigenvalue weighted by molar-refractivity contribution is 7.99. The fourth-order valence-electron chi connectivity index (χ4n) is 3.54. The number of nitrogens with one attached hydrogen (secondary N) is 2. The molecule has 0 bridgehead atoms. The van der Waals surface area contributed by atoms with E-state index in [0.717, 1.165) is 34.8 Å². The number of rotatable bonds is 8. The molecule has 2 N–H and O–H groups in total. The molecule has 0 aromatic carbocycles. The molecule has 0 aliphatic heterocycles. The molecule has 8 heteroatoms. The molecular formula is C20H32N6OS. The summed E-state index contributed by atoms with van der Waals surface area (Å²) in [5, 5.41) is 13.1. The smallest absolute Gasteiger partial charge is 0.223 e. The first kappa shape index (κ1) is 20.9. The van der Waals surface area contributed by atoms with E-state index in [1.54, 1.807) is 11.8 Å². The number of hydrogen-bond donors (Lipinski definition) is 2. The van der Waals surface area contributed by atoms with Crippen molar-refractivity contribution in [1.29, 1.82) is 0 Å². The fourth-order valence-corrected chi connectivity index (χ4v) is 4.24. The summed E-state index contributed by atoms with van der Waals surface area (Å²) in [5.41, 5.74) is 0.813. The van der Waals surface area contributed by atoms with E-state index in [4.69, 9.17) is 4.98 Å². The molecule has 0 atom stereocenters. The number of amides is 1. The molecule has 1 aliphatic rings. The van der Waals surface area contributed by atoms with Crippen molar-refractivity contribution in [3.63, 3.8) is 0 Å². The zero-order valence-electron chi connectivity index (χ0n) is 17.4. The molecule has 0 saturated heterocycles. The van der Waals surface area contributed by atoms with Gasteiger partial charge in [0, 0.05) is 23.8 Å². The first-order valence-electron chi connectivity index (χ1n) is 10.4. The molecule has 0 unspecified atom stereocenters. The van der Waals surface area contributed by atoms with E-state index in [0.29, 0.717) is 18.3 Å². The fraction of sp³-hybridized carbons (Fsp3) is 0.700. The van der Waals surface area contributed by atoms with E-state index >= 15 is 0 Å². The highest BCUT2D eigenvalue weighted by Crippen LogP contribution is 2.27.